The average Bonchev–Trinajstić information content (AvgIpc) is 3.50. The predicted molar refractivity (Wildman–Crippen MR) is 155 cm³/mol. The predicted octanol–water partition coefficient (Wildman–Crippen LogP) is 4.21. The number of fused-ring (bicyclic) bond motifs is 3. The Morgan fingerprint density at radius 3 is 2.85 bits per heavy atom. The molecule has 8 nitrogen and oxygen atoms in total. The number of hydrogen-bond acceptors (Lipinski definition) is 7. The van der Waals surface area contributed by atoms with Crippen molar-refractivity contribution in [3.05, 3.63) is 65.1 Å². The number of piperazine rings is 1. The van der Waals surface area contributed by atoms with Crippen LogP contribution in [0, 0.1) is 11.3 Å². The molecule has 2 saturated heterocycles. The van der Waals surface area contributed by atoms with Crippen LogP contribution in [0.25, 0.3) is 5.57 Å². The fourth-order valence-electron chi connectivity index (χ4n) is 7.27. The Bertz CT molecular complexity index is 1450. The van der Waals surface area contributed by atoms with Gasteiger partial charge in [-0.05, 0) is 69.0 Å². The molecule has 2 fully saturated rings. The highest BCUT2D eigenvalue weighted by molar-refractivity contribution is 5.87. The Morgan fingerprint density at radius 1 is 1.27 bits per heavy atom. The molecule has 1 aromatic carbocycles. The van der Waals surface area contributed by atoms with E-state index in [1.165, 1.54) is 6.08 Å². The van der Waals surface area contributed by atoms with Gasteiger partial charge in [0, 0.05) is 37.7 Å². The maximum Gasteiger partial charge on any atom is 0.318 e. The van der Waals surface area contributed by atoms with Gasteiger partial charge in [-0.15, -0.1) is 0 Å². The Hall–Kier alpha value is -3.77. The van der Waals surface area contributed by atoms with Gasteiger partial charge in [-0.3, -0.25) is 4.79 Å². The number of likely N-dealkylation sites (N-methyl/N-ethyl adjacent to an activating group) is 1. The first-order chi connectivity index (χ1) is 19.9. The third-order valence-electron chi connectivity index (χ3n) is 9.56. The summed E-state index contributed by atoms with van der Waals surface area (Å²) >= 11 is 0. The number of allylic oxidation sites excluding steroid dienone is 2. The summed E-state index contributed by atoms with van der Waals surface area (Å²) in [6.45, 7) is 8.55. The van der Waals surface area contributed by atoms with Crippen LogP contribution in [-0.2, 0) is 23.1 Å². The molecule has 214 valence electrons. The maximum absolute atomic E-state index is 16.1. The smallest absolute Gasteiger partial charge is 0.318 e. The first-order valence-electron chi connectivity index (χ1n) is 14.6. The fourth-order valence-corrected chi connectivity index (χ4v) is 7.27. The molecule has 4 aliphatic rings. The minimum absolute atomic E-state index is 0.0646. The van der Waals surface area contributed by atoms with Gasteiger partial charge in [0.25, 0.3) is 0 Å². The largest absolute Gasteiger partial charge is 0.462 e. The topological polar surface area (TPSA) is 85.6 Å². The van der Waals surface area contributed by atoms with E-state index in [2.05, 4.69) is 29.5 Å². The zero-order chi connectivity index (χ0) is 28.7. The second kappa shape index (κ2) is 10.9. The Labute approximate surface area is 241 Å². The van der Waals surface area contributed by atoms with Crippen LogP contribution in [0.3, 0.4) is 0 Å². The van der Waals surface area contributed by atoms with Crippen molar-refractivity contribution in [3.63, 3.8) is 0 Å². The molecule has 3 heterocycles. The lowest BCUT2D eigenvalue weighted by Crippen LogP contribution is -2.55. The molecule has 0 N–H and O–H groups in total. The van der Waals surface area contributed by atoms with E-state index >= 15 is 4.39 Å². The molecular formula is C32H37FN6O2. The summed E-state index contributed by atoms with van der Waals surface area (Å²) in [6.07, 6.45) is 5.42. The van der Waals surface area contributed by atoms with Crippen LogP contribution >= 0.6 is 0 Å². The number of ether oxygens (including phenoxy) is 1. The molecule has 0 unspecified atom stereocenters. The van der Waals surface area contributed by atoms with Crippen LogP contribution in [0.5, 0.6) is 6.01 Å². The number of halogens is 1. The number of carbonyl (C=O) groups is 1. The van der Waals surface area contributed by atoms with Crippen LogP contribution in [0.15, 0.2) is 42.7 Å². The highest BCUT2D eigenvalue weighted by Gasteiger charge is 2.48. The average molecular weight is 557 g/mol. The lowest BCUT2D eigenvalue weighted by atomic mass is 9.69. The fraction of sp³-hybridized carbons (Fsp3) is 0.500. The number of benzene rings is 1. The molecule has 1 amide bonds. The Kier molecular flexibility index (Phi) is 7.28. The third-order valence-corrected chi connectivity index (χ3v) is 9.56. The second-order valence-corrected chi connectivity index (χ2v) is 11.8. The molecule has 2 aliphatic carbocycles. The summed E-state index contributed by atoms with van der Waals surface area (Å²) in [6, 6.07) is 10.6. The molecule has 9 heteroatoms. The summed E-state index contributed by atoms with van der Waals surface area (Å²) < 4.78 is 22.3. The first-order valence-corrected chi connectivity index (χ1v) is 14.6. The second-order valence-electron chi connectivity index (χ2n) is 11.8. The Morgan fingerprint density at radius 2 is 2.10 bits per heavy atom. The summed E-state index contributed by atoms with van der Waals surface area (Å²) in [5.41, 5.74) is 3.81. The number of rotatable bonds is 6. The molecule has 0 radical (unpaired) electrons. The van der Waals surface area contributed by atoms with Gasteiger partial charge in [0.05, 0.1) is 29.6 Å². The normalized spacial score (nSPS) is 25.7. The van der Waals surface area contributed by atoms with Crippen LogP contribution in [0.1, 0.15) is 55.0 Å². The monoisotopic (exact) mass is 556 g/mol. The number of nitrogens with zero attached hydrogens (tertiary/aromatic N) is 6. The molecule has 2 aliphatic heterocycles. The third kappa shape index (κ3) is 4.68. The maximum atomic E-state index is 16.1. The highest BCUT2D eigenvalue weighted by Crippen LogP contribution is 2.54. The molecule has 1 spiro atoms. The molecular weight excluding hydrogens is 519 g/mol. The van der Waals surface area contributed by atoms with Gasteiger partial charge in [0.2, 0.25) is 5.91 Å². The van der Waals surface area contributed by atoms with Gasteiger partial charge in [0.15, 0.2) is 0 Å². The number of carbonyl (C=O) groups excluding carboxylic acids is 1. The number of nitriles is 1. The lowest BCUT2D eigenvalue weighted by molar-refractivity contribution is -0.128. The molecule has 2 aromatic rings. The van der Waals surface area contributed by atoms with Gasteiger partial charge in [-0.2, -0.15) is 15.2 Å². The van der Waals surface area contributed by atoms with Crippen molar-refractivity contribution < 1.29 is 13.9 Å². The van der Waals surface area contributed by atoms with Crippen LogP contribution in [-0.4, -0.2) is 77.6 Å². The van der Waals surface area contributed by atoms with Crippen molar-refractivity contribution in [1.82, 2.24) is 19.8 Å². The number of likely N-dealkylation sites (tertiary alicyclic amines) is 1. The summed E-state index contributed by atoms with van der Waals surface area (Å²) in [5.74, 6) is 0.546. The van der Waals surface area contributed by atoms with E-state index in [9.17, 15) is 10.1 Å². The number of anilines is 1. The van der Waals surface area contributed by atoms with Gasteiger partial charge in [-0.1, -0.05) is 30.8 Å². The van der Waals surface area contributed by atoms with E-state index < -0.39 is 5.41 Å². The Balaban J connectivity index is 1.37. The van der Waals surface area contributed by atoms with Gasteiger partial charge >= 0.3 is 6.01 Å². The number of amides is 1. The van der Waals surface area contributed by atoms with E-state index in [1.807, 2.05) is 31.2 Å². The standard InChI is InChI=1S/C32H37FN6O2/c1-4-28(40)39-17-16-38(19-22(39)12-14-34)30-25-11-13-32(26-10-6-5-9-24(26)21(2)29(32)33)18-27(25)35-31(36-30)41-20-23-8-7-15-37(23)3/h4-6,9-10,22-23H,1,7-8,11-13,15-20H2,2-3H3/t22-,23-,32-/m0/s1. The minimum atomic E-state index is -0.735. The zero-order valence-electron chi connectivity index (χ0n) is 23.9. The SMILES string of the molecule is C=CC(=O)N1CCN(c2nc(OC[C@@H]3CCCN3C)nc3c2CC[C@@]2(C3)C(F)=C(C)c3ccccc32)C[C@@H]1CC#N. The number of hydrogen-bond donors (Lipinski definition) is 0. The quantitative estimate of drug-likeness (QED) is 0.493. The molecule has 3 atom stereocenters. The first kappa shape index (κ1) is 27.4. The number of aromatic nitrogens is 2. The molecule has 0 saturated carbocycles. The molecule has 41 heavy (non-hydrogen) atoms. The van der Waals surface area contributed by atoms with E-state index in [0.717, 1.165) is 47.6 Å². The molecule has 6 rings (SSSR count). The van der Waals surface area contributed by atoms with Crippen molar-refractivity contribution in [2.75, 3.05) is 44.7 Å². The van der Waals surface area contributed by atoms with E-state index in [1.54, 1.807) is 4.90 Å². The van der Waals surface area contributed by atoms with E-state index in [0.29, 0.717) is 63.1 Å². The van der Waals surface area contributed by atoms with Crippen molar-refractivity contribution >= 4 is 17.3 Å². The minimum Gasteiger partial charge on any atom is -0.462 e. The van der Waals surface area contributed by atoms with Gasteiger partial charge in [-0.25, -0.2) is 4.39 Å². The zero-order valence-corrected chi connectivity index (χ0v) is 23.9. The van der Waals surface area contributed by atoms with E-state index in [4.69, 9.17) is 14.7 Å². The summed E-state index contributed by atoms with van der Waals surface area (Å²) in [5, 5.41) is 9.50. The van der Waals surface area contributed by atoms with Crippen molar-refractivity contribution in [1.29, 1.82) is 5.26 Å². The van der Waals surface area contributed by atoms with Crippen molar-refractivity contribution in [2.24, 2.45) is 0 Å². The van der Waals surface area contributed by atoms with E-state index in [-0.39, 0.29) is 24.2 Å². The van der Waals surface area contributed by atoms with Crippen LogP contribution in [0.4, 0.5) is 10.2 Å². The van der Waals surface area contributed by atoms with Crippen molar-refractivity contribution in [2.45, 2.75) is 62.9 Å². The summed E-state index contributed by atoms with van der Waals surface area (Å²) in [4.78, 5) is 28.5. The van der Waals surface area contributed by atoms with Gasteiger partial charge < -0.3 is 19.4 Å². The highest BCUT2D eigenvalue weighted by atomic mass is 19.1. The van der Waals surface area contributed by atoms with Gasteiger partial charge in [0.1, 0.15) is 18.3 Å². The van der Waals surface area contributed by atoms with Crippen molar-refractivity contribution in [3.8, 4) is 12.1 Å². The van der Waals surface area contributed by atoms with Crippen LogP contribution in [0.2, 0.25) is 0 Å². The lowest BCUT2D eigenvalue weighted by Gasteiger charge is -2.42. The summed E-state index contributed by atoms with van der Waals surface area (Å²) in [7, 11) is 2.11. The molecule has 1 aromatic heterocycles. The van der Waals surface area contributed by atoms with Crippen LogP contribution < -0.4 is 9.64 Å². The molecule has 0 bridgehead atoms.